The van der Waals surface area contributed by atoms with Crippen molar-refractivity contribution in [3.8, 4) is 40.2 Å². The predicted molar refractivity (Wildman–Crippen MR) is 200 cm³/mol. The molecule has 5 rings (SSSR count). The lowest BCUT2D eigenvalue weighted by Gasteiger charge is -2.15. The molecule has 0 N–H and O–H groups in total. The van der Waals surface area contributed by atoms with Crippen molar-refractivity contribution in [1.29, 1.82) is 0 Å². The Hall–Kier alpha value is -5.38. The van der Waals surface area contributed by atoms with Gasteiger partial charge in [0.1, 0.15) is 0 Å². The molecule has 0 fully saturated rings. The number of rotatable bonds is 18. The molecule has 270 valence electrons. The van der Waals surface area contributed by atoms with Crippen molar-refractivity contribution < 1.29 is 38.0 Å². The molecule has 4 aromatic carbocycles. The predicted octanol–water partition coefficient (Wildman–Crippen LogP) is 9.06. The van der Waals surface area contributed by atoms with E-state index in [4.69, 9.17) is 43.0 Å². The van der Waals surface area contributed by atoms with E-state index in [-0.39, 0.29) is 6.10 Å². The molecular weight excluding hydrogens is 648 g/mol. The first kappa shape index (κ1) is 36.9. The van der Waals surface area contributed by atoms with Crippen LogP contribution in [0.4, 0.5) is 5.69 Å². The Bertz CT molecular complexity index is 1810. The van der Waals surface area contributed by atoms with Gasteiger partial charge in [0.05, 0.1) is 60.2 Å². The Labute approximate surface area is 300 Å². The molecule has 10 nitrogen and oxygen atoms in total. The Morgan fingerprint density at radius 3 is 1.90 bits per heavy atom. The van der Waals surface area contributed by atoms with Crippen molar-refractivity contribution in [2.24, 2.45) is 10.1 Å². The van der Waals surface area contributed by atoms with Gasteiger partial charge in [-0.1, -0.05) is 29.4 Å². The lowest BCUT2D eigenvalue weighted by Crippen LogP contribution is -2.05. The second kappa shape index (κ2) is 18.0. The maximum Gasteiger partial charge on any atom is 0.203 e. The van der Waals surface area contributed by atoms with E-state index in [0.29, 0.717) is 54.1 Å². The number of para-hydroxylation sites is 1. The summed E-state index contributed by atoms with van der Waals surface area (Å²) in [4.78, 5) is 10.7. The standard InChI is InChI=1S/C41H48N2O8/c1-27-14-10-11-15-32(27)42-28(2)29-16-18-34(44-3)37(22-29)49-20-12-8-9-13-21-50-38-23-30(17-19-35(38)45-4)36-26-33(43-51-36)31-24-39(46-5)41(48-7)40(25-31)47-6/h10-11,14-19,22-25,36H,8-9,12-13,20-21,26H2,1-7H3/b42-28+. The number of nitrogens with zero attached hydrogens (tertiary/aromatic N) is 2. The minimum Gasteiger partial charge on any atom is -0.493 e. The van der Waals surface area contributed by atoms with Gasteiger partial charge in [0.2, 0.25) is 5.75 Å². The molecule has 51 heavy (non-hydrogen) atoms. The summed E-state index contributed by atoms with van der Waals surface area (Å²) >= 11 is 0. The monoisotopic (exact) mass is 696 g/mol. The molecule has 0 saturated carbocycles. The number of methoxy groups -OCH3 is 5. The van der Waals surface area contributed by atoms with Gasteiger partial charge < -0.3 is 38.0 Å². The normalized spacial score (nSPS) is 14.0. The highest BCUT2D eigenvalue weighted by Gasteiger charge is 2.27. The third-order valence-electron chi connectivity index (χ3n) is 8.77. The highest BCUT2D eigenvalue weighted by atomic mass is 16.6. The fraction of sp³-hybridized carbons (Fsp3) is 0.366. The van der Waals surface area contributed by atoms with E-state index in [2.05, 4.69) is 18.1 Å². The molecule has 0 aromatic heterocycles. The minimum absolute atomic E-state index is 0.268. The lowest BCUT2D eigenvalue weighted by molar-refractivity contribution is 0.0854. The Morgan fingerprint density at radius 2 is 1.29 bits per heavy atom. The molecule has 4 aromatic rings. The molecule has 0 amide bonds. The van der Waals surface area contributed by atoms with Crippen LogP contribution in [0.3, 0.4) is 0 Å². The maximum atomic E-state index is 6.19. The van der Waals surface area contributed by atoms with Crippen molar-refractivity contribution >= 4 is 17.1 Å². The second-order valence-electron chi connectivity index (χ2n) is 12.1. The van der Waals surface area contributed by atoms with Gasteiger partial charge in [0, 0.05) is 17.7 Å². The SMILES string of the molecule is COc1ccc(/C(C)=N/c2ccccc2C)cc1OCCCCCCOc1cc(C2CC(c3cc(OC)c(OC)c(OC)c3)=NO2)ccc1OC. The molecule has 0 spiro atoms. The van der Waals surface area contributed by atoms with E-state index >= 15 is 0 Å². The third kappa shape index (κ3) is 9.25. The summed E-state index contributed by atoms with van der Waals surface area (Å²) in [6, 6.07) is 23.7. The zero-order chi connectivity index (χ0) is 36.2. The van der Waals surface area contributed by atoms with Crippen LogP contribution in [0.15, 0.2) is 82.9 Å². The Balaban J connectivity index is 1.09. The van der Waals surface area contributed by atoms with Gasteiger partial charge in [-0.25, -0.2) is 0 Å². The third-order valence-corrected chi connectivity index (χ3v) is 8.77. The molecule has 1 unspecified atom stereocenters. The molecule has 0 radical (unpaired) electrons. The Kier molecular flexibility index (Phi) is 13.0. The zero-order valence-electron chi connectivity index (χ0n) is 30.6. The van der Waals surface area contributed by atoms with E-state index in [1.54, 1.807) is 35.5 Å². The van der Waals surface area contributed by atoms with Crippen LogP contribution in [0.25, 0.3) is 0 Å². The van der Waals surface area contributed by atoms with Gasteiger partial charge in [-0.2, -0.15) is 0 Å². The van der Waals surface area contributed by atoms with Gasteiger partial charge in [-0.3, -0.25) is 4.99 Å². The number of hydrogen-bond acceptors (Lipinski definition) is 10. The van der Waals surface area contributed by atoms with Crippen molar-refractivity contribution in [3.05, 3.63) is 95.1 Å². The quantitative estimate of drug-likeness (QED) is 0.0751. The summed E-state index contributed by atoms with van der Waals surface area (Å²) in [5, 5.41) is 4.38. The lowest BCUT2D eigenvalue weighted by atomic mass is 9.99. The van der Waals surface area contributed by atoms with Crippen LogP contribution in [0.5, 0.6) is 40.2 Å². The number of ether oxygens (including phenoxy) is 7. The average Bonchev–Trinajstić information content (AvgIpc) is 3.66. The summed E-state index contributed by atoms with van der Waals surface area (Å²) in [6.07, 6.45) is 4.12. The maximum absolute atomic E-state index is 6.19. The molecule has 1 atom stereocenters. The van der Waals surface area contributed by atoms with Gasteiger partial charge in [0.25, 0.3) is 0 Å². The van der Waals surface area contributed by atoms with Gasteiger partial charge in [-0.05, 0) is 105 Å². The van der Waals surface area contributed by atoms with Crippen molar-refractivity contribution in [2.45, 2.75) is 52.1 Å². The van der Waals surface area contributed by atoms with Gasteiger partial charge in [0.15, 0.2) is 40.6 Å². The van der Waals surface area contributed by atoms with Crippen molar-refractivity contribution in [2.75, 3.05) is 48.8 Å². The summed E-state index contributed by atoms with van der Waals surface area (Å²) in [5.41, 5.74) is 6.59. The Morgan fingerprint density at radius 1 is 0.686 bits per heavy atom. The second-order valence-corrected chi connectivity index (χ2v) is 12.1. The van der Waals surface area contributed by atoms with Gasteiger partial charge in [-0.15, -0.1) is 0 Å². The van der Waals surface area contributed by atoms with E-state index in [0.717, 1.165) is 70.8 Å². The highest BCUT2D eigenvalue weighted by Crippen LogP contribution is 2.41. The smallest absolute Gasteiger partial charge is 0.203 e. The van der Waals surface area contributed by atoms with E-state index < -0.39 is 0 Å². The summed E-state index contributed by atoms with van der Waals surface area (Å²) in [6.45, 7) is 5.23. The molecule has 1 heterocycles. The molecule has 0 aliphatic carbocycles. The average molecular weight is 697 g/mol. The van der Waals surface area contributed by atoms with E-state index in [1.165, 1.54) is 0 Å². The first-order valence-corrected chi connectivity index (χ1v) is 17.1. The topological polar surface area (TPSA) is 98.6 Å². The fourth-order valence-corrected chi connectivity index (χ4v) is 5.85. The number of aliphatic imine (C=N–C) groups is 1. The number of benzene rings is 4. The molecule has 0 saturated heterocycles. The summed E-state index contributed by atoms with van der Waals surface area (Å²) < 4.78 is 40.0. The van der Waals surface area contributed by atoms with Gasteiger partial charge >= 0.3 is 0 Å². The van der Waals surface area contributed by atoms with Crippen LogP contribution in [0, 0.1) is 6.92 Å². The fourth-order valence-electron chi connectivity index (χ4n) is 5.85. The van der Waals surface area contributed by atoms with Crippen LogP contribution in [-0.2, 0) is 4.84 Å². The molecule has 0 bridgehead atoms. The largest absolute Gasteiger partial charge is 0.493 e. The molecule has 1 aliphatic heterocycles. The van der Waals surface area contributed by atoms with E-state index in [1.807, 2.05) is 73.7 Å². The number of oxime groups is 1. The summed E-state index contributed by atoms with van der Waals surface area (Å²) in [5.74, 6) is 4.43. The van der Waals surface area contributed by atoms with Crippen LogP contribution < -0.4 is 33.2 Å². The number of unbranched alkanes of at least 4 members (excludes halogenated alkanes) is 3. The number of aryl methyl sites for hydroxylation is 1. The minimum atomic E-state index is -0.268. The first-order valence-electron chi connectivity index (χ1n) is 17.1. The van der Waals surface area contributed by atoms with Crippen LogP contribution in [-0.4, -0.2) is 60.2 Å². The van der Waals surface area contributed by atoms with Crippen LogP contribution in [0.1, 0.15) is 67.4 Å². The highest BCUT2D eigenvalue weighted by molar-refractivity contribution is 6.02. The molecular formula is C41H48N2O8. The molecule has 10 heteroatoms. The van der Waals surface area contributed by atoms with Crippen LogP contribution >= 0.6 is 0 Å². The van der Waals surface area contributed by atoms with Crippen LogP contribution in [0.2, 0.25) is 0 Å². The molecule has 1 aliphatic rings. The number of hydrogen-bond donors (Lipinski definition) is 0. The summed E-state index contributed by atoms with van der Waals surface area (Å²) in [7, 11) is 8.06. The van der Waals surface area contributed by atoms with Crippen molar-refractivity contribution in [3.63, 3.8) is 0 Å². The van der Waals surface area contributed by atoms with Crippen molar-refractivity contribution in [1.82, 2.24) is 0 Å². The van der Waals surface area contributed by atoms with E-state index in [9.17, 15) is 0 Å². The first-order chi connectivity index (χ1) is 24.9. The zero-order valence-corrected chi connectivity index (χ0v) is 30.6.